The lowest BCUT2D eigenvalue weighted by atomic mass is 10.1. The number of hydrogen-bond donors (Lipinski definition) is 0. The van der Waals surface area contributed by atoms with Crippen LogP contribution in [0.2, 0.25) is 0 Å². The standard InChI is InChI=1S/C18H20N4O2/c1-13-11-14-12-15(3-4-16(14)24-13)22-8-6-20-18(22)17-19-5-7-21(17)9-10-23-2/h3-8,12-13H,9-11H2,1-2H3. The highest BCUT2D eigenvalue weighted by atomic mass is 16.5. The minimum atomic E-state index is 0.241. The fraction of sp³-hybridized carbons (Fsp3) is 0.333. The molecule has 0 fully saturated rings. The van der Waals surface area contributed by atoms with Gasteiger partial charge in [0.2, 0.25) is 0 Å². The number of rotatable bonds is 5. The summed E-state index contributed by atoms with van der Waals surface area (Å²) in [5.74, 6) is 2.64. The largest absolute Gasteiger partial charge is 0.490 e. The van der Waals surface area contributed by atoms with Gasteiger partial charge < -0.3 is 14.0 Å². The van der Waals surface area contributed by atoms with Crippen molar-refractivity contribution in [1.82, 2.24) is 19.1 Å². The summed E-state index contributed by atoms with van der Waals surface area (Å²) in [6.45, 7) is 3.47. The lowest BCUT2D eigenvalue weighted by Crippen LogP contribution is -2.07. The van der Waals surface area contributed by atoms with Crippen LogP contribution in [0.1, 0.15) is 12.5 Å². The minimum absolute atomic E-state index is 0.241. The summed E-state index contributed by atoms with van der Waals surface area (Å²) >= 11 is 0. The Hall–Kier alpha value is -2.60. The molecular formula is C18H20N4O2. The van der Waals surface area contributed by atoms with Crippen molar-refractivity contribution in [2.45, 2.75) is 26.0 Å². The zero-order valence-electron chi connectivity index (χ0n) is 13.8. The maximum absolute atomic E-state index is 5.79. The minimum Gasteiger partial charge on any atom is -0.490 e. The van der Waals surface area contributed by atoms with Crippen LogP contribution >= 0.6 is 0 Å². The normalized spacial score (nSPS) is 16.2. The van der Waals surface area contributed by atoms with E-state index in [0.29, 0.717) is 6.61 Å². The molecule has 4 rings (SSSR count). The van der Waals surface area contributed by atoms with Gasteiger partial charge in [-0.15, -0.1) is 0 Å². The summed E-state index contributed by atoms with van der Waals surface area (Å²) in [5.41, 5.74) is 2.31. The molecule has 0 radical (unpaired) electrons. The Morgan fingerprint density at radius 1 is 1.21 bits per heavy atom. The number of hydrogen-bond acceptors (Lipinski definition) is 4. The van der Waals surface area contributed by atoms with Crippen molar-refractivity contribution in [3.05, 3.63) is 48.5 Å². The Labute approximate surface area is 140 Å². The van der Waals surface area contributed by atoms with E-state index in [0.717, 1.165) is 36.1 Å². The van der Waals surface area contributed by atoms with Gasteiger partial charge in [-0.3, -0.25) is 4.57 Å². The Balaban J connectivity index is 1.71. The fourth-order valence-corrected chi connectivity index (χ4v) is 3.12. The third-order valence-corrected chi connectivity index (χ3v) is 4.25. The molecule has 0 amide bonds. The monoisotopic (exact) mass is 324 g/mol. The summed E-state index contributed by atoms with van der Waals surface area (Å²) in [5, 5.41) is 0. The van der Waals surface area contributed by atoms with E-state index in [4.69, 9.17) is 9.47 Å². The average molecular weight is 324 g/mol. The van der Waals surface area contributed by atoms with E-state index in [2.05, 4.69) is 38.2 Å². The van der Waals surface area contributed by atoms with E-state index in [9.17, 15) is 0 Å². The first-order valence-electron chi connectivity index (χ1n) is 8.10. The predicted molar refractivity (Wildman–Crippen MR) is 90.5 cm³/mol. The third-order valence-electron chi connectivity index (χ3n) is 4.25. The van der Waals surface area contributed by atoms with E-state index in [-0.39, 0.29) is 6.10 Å². The van der Waals surface area contributed by atoms with Crippen molar-refractivity contribution in [3.8, 4) is 23.1 Å². The molecule has 0 saturated heterocycles. The number of benzene rings is 1. The lowest BCUT2D eigenvalue weighted by molar-refractivity contribution is 0.187. The first-order chi connectivity index (χ1) is 11.8. The maximum Gasteiger partial charge on any atom is 0.181 e. The Morgan fingerprint density at radius 2 is 2.04 bits per heavy atom. The second-order valence-corrected chi connectivity index (χ2v) is 5.98. The van der Waals surface area contributed by atoms with Gasteiger partial charge in [-0.25, -0.2) is 9.97 Å². The van der Waals surface area contributed by atoms with Crippen LogP contribution < -0.4 is 4.74 Å². The molecule has 3 heterocycles. The molecule has 0 saturated carbocycles. The van der Waals surface area contributed by atoms with Gasteiger partial charge in [-0.1, -0.05) is 0 Å². The molecule has 2 aromatic heterocycles. The zero-order valence-corrected chi connectivity index (χ0v) is 13.8. The summed E-state index contributed by atoms with van der Waals surface area (Å²) in [6, 6.07) is 6.27. The highest BCUT2D eigenvalue weighted by molar-refractivity contribution is 5.54. The smallest absolute Gasteiger partial charge is 0.181 e. The van der Waals surface area contributed by atoms with Crippen molar-refractivity contribution in [2.24, 2.45) is 0 Å². The third kappa shape index (κ3) is 2.59. The highest BCUT2D eigenvalue weighted by Gasteiger charge is 2.20. The lowest BCUT2D eigenvalue weighted by Gasteiger charge is -2.11. The molecule has 124 valence electrons. The molecule has 3 aromatic rings. The molecular weight excluding hydrogens is 304 g/mol. The number of nitrogens with zero attached hydrogens (tertiary/aromatic N) is 4. The number of fused-ring (bicyclic) bond motifs is 1. The zero-order chi connectivity index (χ0) is 16.5. The van der Waals surface area contributed by atoms with Gasteiger partial charge in [0, 0.05) is 50.6 Å². The Kier molecular flexibility index (Phi) is 3.82. The fourth-order valence-electron chi connectivity index (χ4n) is 3.12. The summed E-state index contributed by atoms with van der Waals surface area (Å²) < 4.78 is 15.1. The van der Waals surface area contributed by atoms with Crippen LogP contribution in [0.25, 0.3) is 17.3 Å². The van der Waals surface area contributed by atoms with E-state index in [1.54, 1.807) is 19.5 Å². The van der Waals surface area contributed by atoms with Crippen molar-refractivity contribution >= 4 is 0 Å². The van der Waals surface area contributed by atoms with E-state index < -0.39 is 0 Å². The van der Waals surface area contributed by atoms with Crippen LogP contribution in [0.4, 0.5) is 0 Å². The molecule has 1 aliphatic rings. The van der Waals surface area contributed by atoms with Crippen LogP contribution in [0.5, 0.6) is 5.75 Å². The molecule has 1 aromatic carbocycles. The van der Waals surface area contributed by atoms with Gasteiger partial charge in [-0.2, -0.15) is 0 Å². The number of imidazole rings is 2. The molecule has 0 N–H and O–H groups in total. The van der Waals surface area contributed by atoms with Crippen LogP contribution in [-0.4, -0.2) is 38.9 Å². The van der Waals surface area contributed by atoms with Crippen molar-refractivity contribution < 1.29 is 9.47 Å². The van der Waals surface area contributed by atoms with Crippen molar-refractivity contribution in [1.29, 1.82) is 0 Å². The number of ether oxygens (including phenoxy) is 2. The summed E-state index contributed by atoms with van der Waals surface area (Å²) in [7, 11) is 1.70. The van der Waals surface area contributed by atoms with Gasteiger partial charge in [-0.05, 0) is 30.7 Å². The van der Waals surface area contributed by atoms with Gasteiger partial charge in [0.15, 0.2) is 11.6 Å². The van der Waals surface area contributed by atoms with Gasteiger partial charge in [0.1, 0.15) is 11.9 Å². The molecule has 24 heavy (non-hydrogen) atoms. The molecule has 1 aliphatic heterocycles. The summed E-state index contributed by atoms with van der Waals surface area (Å²) in [6.07, 6.45) is 8.69. The molecule has 6 heteroatoms. The number of aromatic nitrogens is 4. The second-order valence-electron chi connectivity index (χ2n) is 5.98. The Morgan fingerprint density at radius 3 is 2.92 bits per heavy atom. The highest BCUT2D eigenvalue weighted by Crippen LogP contribution is 2.31. The predicted octanol–water partition coefficient (Wildman–Crippen LogP) is 2.71. The molecule has 0 aliphatic carbocycles. The molecule has 0 bridgehead atoms. The topological polar surface area (TPSA) is 54.1 Å². The van der Waals surface area contributed by atoms with Crippen LogP contribution in [0.15, 0.2) is 43.0 Å². The summed E-state index contributed by atoms with van der Waals surface area (Å²) in [4.78, 5) is 9.00. The Bertz CT molecular complexity index is 852. The van der Waals surface area contributed by atoms with Crippen molar-refractivity contribution in [3.63, 3.8) is 0 Å². The van der Waals surface area contributed by atoms with E-state index >= 15 is 0 Å². The number of methoxy groups -OCH3 is 1. The van der Waals surface area contributed by atoms with Gasteiger partial charge in [0.25, 0.3) is 0 Å². The molecule has 0 spiro atoms. The first-order valence-corrected chi connectivity index (χ1v) is 8.10. The van der Waals surface area contributed by atoms with Crippen LogP contribution in [-0.2, 0) is 17.7 Å². The SMILES string of the molecule is COCCn1ccnc1-c1nccn1-c1ccc2c(c1)CC(C)O2. The van der Waals surface area contributed by atoms with Gasteiger partial charge >= 0.3 is 0 Å². The first kappa shape index (κ1) is 15.0. The molecule has 1 unspecified atom stereocenters. The average Bonchev–Trinajstić information content (AvgIpc) is 3.29. The van der Waals surface area contributed by atoms with Crippen LogP contribution in [0.3, 0.4) is 0 Å². The van der Waals surface area contributed by atoms with E-state index in [1.165, 1.54) is 5.56 Å². The molecule has 1 atom stereocenters. The molecule has 6 nitrogen and oxygen atoms in total. The van der Waals surface area contributed by atoms with Crippen LogP contribution in [0, 0.1) is 0 Å². The second kappa shape index (κ2) is 6.13. The quantitative estimate of drug-likeness (QED) is 0.724. The van der Waals surface area contributed by atoms with Gasteiger partial charge in [0.05, 0.1) is 6.61 Å². The maximum atomic E-state index is 5.79. The van der Waals surface area contributed by atoms with Crippen molar-refractivity contribution in [2.75, 3.05) is 13.7 Å². The van der Waals surface area contributed by atoms with E-state index in [1.807, 2.05) is 18.5 Å².